The van der Waals surface area contributed by atoms with E-state index in [2.05, 4.69) is 31.2 Å². The number of halogens is 1. The fourth-order valence-corrected chi connectivity index (χ4v) is 3.27. The molecule has 1 unspecified atom stereocenters. The quantitative estimate of drug-likeness (QED) is 0.758. The van der Waals surface area contributed by atoms with E-state index in [4.69, 9.17) is 16.3 Å². The summed E-state index contributed by atoms with van der Waals surface area (Å²) in [5.41, 5.74) is 1.79. The minimum atomic E-state index is -0.170. The van der Waals surface area contributed by atoms with Gasteiger partial charge < -0.3 is 10.1 Å². The molecule has 5 heteroatoms. The van der Waals surface area contributed by atoms with Crippen LogP contribution in [0, 0.1) is 6.92 Å². The van der Waals surface area contributed by atoms with Crippen LogP contribution in [0.3, 0.4) is 0 Å². The van der Waals surface area contributed by atoms with Crippen molar-refractivity contribution in [2.24, 2.45) is 7.05 Å². The number of rotatable bonds is 9. The Balaban J connectivity index is 3.07. The van der Waals surface area contributed by atoms with Crippen molar-refractivity contribution < 1.29 is 4.74 Å². The lowest BCUT2D eigenvalue weighted by Gasteiger charge is -2.39. The lowest BCUT2D eigenvalue weighted by molar-refractivity contribution is -0.0475. The molecule has 1 N–H and O–H groups in total. The molecule has 0 aliphatic rings. The van der Waals surface area contributed by atoms with Gasteiger partial charge in [-0.2, -0.15) is 5.10 Å². The molecule has 0 fully saturated rings. The Labute approximate surface area is 134 Å². The second-order valence-electron chi connectivity index (χ2n) is 5.66. The topological polar surface area (TPSA) is 39.1 Å². The molecule has 21 heavy (non-hydrogen) atoms. The summed E-state index contributed by atoms with van der Waals surface area (Å²) in [6.45, 7) is 9.47. The van der Waals surface area contributed by atoms with Crippen molar-refractivity contribution in [1.29, 1.82) is 0 Å². The zero-order valence-corrected chi connectivity index (χ0v) is 15.0. The van der Waals surface area contributed by atoms with Gasteiger partial charge in [0.05, 0.1) is 22.0 Å². The molecule has 1 rings (SSSR count). The third kappa shape index (κ3) is 3.99. The highest BCUT2D eigenvalue weighted by molar-refractivity contribution is 6.31. The van der Waals surface area contributed by atoms with Crippen LogP contribution in [0.1, 0.15) is 51.4 Å². The number of aromatic nitrogens is 2. The van der Waals surface area contributed by atoms with E-state index >= 15 is 0 Å². The van der Waals surface area contributed by atoms with Crippen LogP contribution in [-0.2, 0) is 18.2 Å². The number of hydrogen-bond donors (Lipinski definition) is 1. The van der Waals surface area contributed by atoms with Crippen molar-refractivity contribution in [3.05, 3.63) is 16.4 Å². The molecule has 0 saturated heterocycles. The number of methoxy groups -OCH3 is 1. The van der Waals surface area contributed by atoms with Gasteiger partial charge in [-0.05, 0) is 32.7 Å². The van der Waals surface area contributed by atoms with Crippen LogP contribution in [0.5, 0.6) is 0 Å². The molecule has 1 aromatic rings. The molecule has 0 spiro atoms. The second kappa shape index (κ2) is 8.16. The maximum atomic E-state index is 6.42. The number of aryl methyl sites for hydroxylation is 2. The van der Waals surface area contributed by atoms with Gasteiger partial charge in [-0.3, -0.25) is 4.68 Å². The smallest absolute Gasteiger partial charge is 0.0847 e. The molecular weight excluding hydrogens is 286 g/mol. The standard InChI is InChI=1S/C16H30ClN3O/c1-7-10-18-14(16(8-2,9-3)21-6)11-13-15(17)12(4)19-20(13)5/h14,18H,7-11H2,1-6H3. The highest BCUT2D eigenvalue weighted by Crippen LogP contribution is 2.29. The SMILES string of the molecule is CCCNC(Cc1c(Cl)c(C)nn1C)C(CC)(CC)OC. The van der Waals surface area contributed by atoms with E-state index in [-0.39, 0.29) is 11.6 Å². The first-order valence-electron chi connectivity index (χ1n) is 7.92. The Bertz CT molecular complexity index is 433. The van der Waals surface area contributed by atoms with Gasteiger partial charge in [0.15, 0.2) is 0 Å². The van der Waals surface area contributed by atoms with Crippen molar-refractivity contribution in [3.8, 4) is 0 Å². The average molecular weight is 316 g/mol. The predicted octanol–water partition coefficient (Wildman–Crippen LogP) is 3.50. The summed E-state index contributed by atoms with van der Waals surface area (Å²) >= 11 is 6.42. The third-order valence-corrected chi connectivity index (χ3v) is 5.03. The van der Waals surface area contributed by atoms with E-state index < -0.39 is 0 Å². The molecule has 0 amide bonds. The van der Waals surface area contributed by atoms with Crippen molar-refractivity contribution in [1.82, 2.24) is 15.1 Å². The lowest BCUT2D eigenvalue weighted by Crippen LogP contribution is -2.53. The molecule has 1 atom stereocenters. The molecule has 0 saturated carbocycles. The van der Waals surface area contributed by atoms with Crippen LogP contribution in [0.4, 0.5) is 0 Å². The Kier molecular flexibility index (Phi) is 7.17. The van der Waals surface area contributed by atoms with Crippen molar-refractivity contribution in [2.75, 3.05) is 13.7 Å². The Morgan fingerprint density at radius 2 is 1.95 bits per heavy atom. The molecule has 122 valence electrons. The van der Waals surface area contributed by atoms with Gasteiger partial charge in [-0.15, -0.1) is 0 Å². The van der Waals surface area contributed by atoms with E-state index in [0.717, 1.165) is 48.6 Å². The summed E-state index contributed by atoms with van der Waals surface area (Å²) in [4.78, 5) is 0. The van der Waals surface area contributed by atoms with Crippen molar-refractivity contribution >= 4 is 11.6 Å². The Morgan fingerprint density at radius 1 is 1.33 bits per heavy atom. The first-order valence-corrected chi connectivity index (χ1v) is 8.29. The first kappa shape index (κ1) is 18.5. The van der Waals surface area contributed by atoms with Crippen LogP contribution < -0.4 is 5.32 Å². The third-order valence-electron chi connectivity index (χ3n) is 4.54. The van der Waals surface area contributed by atoms with Crippen LogP contribution in [0.2, 0.25) is 5.02 Å². The van der Waals surface area contributed by atoms with Crippen LogP contribution in [0.25, 0.3) is 0 Å². The summed E-state index contributed by atoms with van der Waals surface area (Å²) in [7, 11) is 3.77. The molecular formula is C16H30ClN3O. The molecule has 0 radical (unpaired) electrons. The van der Waals surface area contributed by atoms with Crippen LogP contribution in [0.15, 0.2) is 0 Å². The largest absolute Gasteiger partial charge is 0.377 e. The van der Waals surface area contributed by atoms with E-state index in [1.807, 2.05) is 25.8 Å². The summed E-state index contributed by atoms with van der Waals surface area (Å²) in [5.74, 6) is 0. The van der Waals surface area contributed by atoms with Gasteiger partial charge >= 0.3 is 0 Å². The fourth-order valence-electron chi connectivity index (χ4n) is 3.03. The van der Waals surface area contributed by atoms with E-state index in [1.54, 1.807) is 0 Å². The molecule has 1 heterocycles. The average Bonchev–Trinajstić information content (AvgIpc) is 2.72. The normalized spacial score (nSPS) is 13.7. The van der Waals surface area contributed by atoms with Crippen LogP contribution >= 0.6 is 11.6 Å². The molecule has 0 aliphatic heterocycles. The molecule has 4 nitrogen and oxygen atoms in total. The first-order chi connectivity index (χ1) is 9.95. The van der Waals surface area contributed by atoms with Gasteiger partial charge in [0, 0.05) is 26.6 Å². The minimum absolute atomic E-state index is 0.170. The lowest BCUT2D eigenvalue weighted by atomic mass is 9.85. The summed E-state index contributed by atoms with van der Waals surface area (Å²) in [6, 6.07) is 0.227. The monoisotopic (exact) mass is 315 g/mol. The number of nitrogens with zero attached hydrogens (tertiary/aromatic N) is 2. The maximum absolute atomic E-state index is 6.42. The zero-order valence-electron chi connectivity index (χ0n) is 14.3. The molecule has 1 aromatic heterocycles. The van der Waals surface area contributed by atoms with Gasteiger partial charge in [-0.1, -0.05) is 32.4 Å². The van der Waals surface area contributed by atoms with E-state index in [1.165, 1.54) is 0 Å². The Morgan fingerprint density at radius 3 is 2.33 bits per heavy atom. The van der Waals surface area contributed by atoms with E-state index in [0.29, 0.717) is 0 Å². The van der Waals surface area contributed by atoms with Gasteiger partial charge in [0.1, 0.15) is 0 Å². The summed E-state index contributed by atoms with van der Waals surface area (Å²) < 4.78 is 7.81. The van der Waals surface area contributed by atoms with E-state index in [9.17, 15) is 0 Å². The molecule has 0 bridgehead atoms. The highest BCUT2D eigenvalue weighted by Gasteiger charge is 2.36. The predicted molar refractivity (Wildman–Crippen MR) is 89.1 cm³/mol. The van der Waals surface area contributed by atoms with Crippen LogP contribution in [-0.4, -0.2) is 35.1 Å². The van der Waals surface area contributed by atoms with Crippen molar-refractivity contribution in [2.45, 2.75) is 65.0 Å². The summed E-state index contributed by atoms with van der Waals surface area (Å²) in [6.07, 6.45) is 3.86. The second-order valence-corrected chi connectivity index (χ2v) is 6.03. The maximum Gasteiger partial charge on any atom is 0.0847 e. The summed E-state index contributed by atoms with van der Waals surface area (Å²) in [5, 5.41) is 8.85. The number of hydrogen-bond acceptors (Lipinski definition) is 3. The fraction of sp³-hybridized carbons (Fsp3) is 0.812. The number of ether oxygens (including phenoxy) is 1. The zero-order chi connectivity index (χ0) is 16.0. The molecule has 0 aliphatic carbocycles. The number of nitrogens with one attached hydrogen (secondary N) is 1. The Hall–Kier alpha value is -0.580. The molecule has 0 aromatic carbocycles. The van der Waals surface area contributed by atoms with Gasteiger partial charge in [-0.25, -0.2) is 0 Å². The minimum Gasteiger partial charge on any atom is -0.377 e. The van der Waals surface area contributed by atoms with Gasteiger partial charge in [0.25, 0.3) is 0 Å². The highest BCUT2D eigenvalue weighted by atomic mass is 35.5. The van der Waals surface area contributed by atoms with Crippen molar-refractivity contribution in [3.63, 3.8) is 0 Å². The van der Waals surface area contributed by atoms with Gasteiger partial charge in [0.2, 0.25) is 0 Å².